The molecule has 0 aromatic carbocycles. The normalized spacial score (nSPS) is 32.1. The number of nitrogens with one attached hydrogen (secondary N) is 1. The van der Waals surface area contributed by atoms with Gasteiger partial charge in [0.15, 0.2) is 12.6 Å². The number of amides is 1. The molecule has 4 aliphatic rings. The number of carbonyl (C=O) groups excluding carboxylic acids is 1. The van der Waals surface area contributed by atoms with Crippen molar-refractivity contribution in [1.82, 2.24) is 10.2 Å². The van der Waals surface area contributed by atoms with Crippen LogP contribution in [0.3, 0.4) is 0 Å². The Labute approximate surface area is 165 Å². The van der Waals surface area contributed by atoms with E-state index in [1.807, 2.05) is 27.7 Å². The Kier molecular flexibility index (Phi) is 5.00. The molecule has 6 nitrogen and oxygen atoms in total. The van der Waals surface area contributed by atoms with Crippen LogP contribution in [0.5, 0.6) is 0 Å². The van der Waals surface area contributed by atoms with Crippen LogP contribution >= 0.6 is 0 Å². The third kappa shape index (κ3) is 3.96. The Morgan fingerprint density at radius 2 is 2.14 bits per heavy atom. The number of carbonyl (C=O) groups is 1. The van der Waals surface area contributed by atoms with Gasteiger partial charge < -0.3 is 24.4 Å². The minimum Gasteiger partial charge on any atom is -0.444 e. The standard InChI is InChI=1S/C21H29FN2O4/c1-12-26-19(27-12)11-24-17-7-5-13(22)9-15(17)16-10-14(6-8-18(16)24)23-20(25)28-21(2,3)4/h5,9,12,14,17,19H,6-8,10-11H2,1-4H3,(H,23,25)/t12?,14-,17?,19?/m1/s1. The van der Waals surface area contributed by atoms with Crippen LogP contribution in [0.4, 0.5) is 9.18 Å². The zero-order chi connectivity index (χ0) is 20.1. The van der Waals surface area contributed by atoms with E-state index in [0.717, 1.165) is 24.0 Å². The fourth-order valence-electron chi connectivity index (χ4n) is 4.48. The minimum atomic E-state index is -0.530. The number of rotatable bonds is 3. The second-order valence-electron chi connectivity index (χ2n) is 8.87. The monoisotopic (exact) mass is 392 g/mol. The zero-order valence-electron chi connectivity index (χ0n) is 17.0. The first-order valence-corrected chi connectivity index (χ1v) is 10.1. The lowest BCUT2D eigenvalue weighted by Crippen LogP contribution is -2.48. The van der Waals surface area contributed by atoms with Gasteiger partial charge in [-0.25, -0.2) is 9.18 Å². The summed E-state index contributed by atoms with van der Waals surface area (Å²) >= 11 is 0. The number of allylic oxidation sites excluding steroid dienone is 3. The quantitative estimate of drug-likeness (QED) is 0.789. The summed E-state index contributed by atoms with van der Waals surface area (Å²) in [6.45, 7) is 8.07. The summed E-state index contributed by atoms with van der Waals surface area (Å²) in [7, 11) is 0. The average Bonchev–Trinajstić information content (AvgIpc) is 2.84. The van der Waals surface area contributed by atoms with Gasteiger partial charge in [0.25, 0.3) is 0 Å². The van der Waals surface area contributed by atoms with Crippen LogP contribution < -0.4 is 5.32 Å². The summed E-state index contributed by atoms with van der Waals surface area (Å²) in [5, 5.41) is 2.98. The van der Waals surface area contributed by atoms with E-state index in [2.05, 4.69) is 10.2 Å². The Morgan fingerprint density at radius 3 is 2.82 bits per heavy atom. The summed E-state index contributed by atoms with van der Waals surface area (Å²) in [6, 6.07) is 0.105. The van der Waals surface area contributed by atoms with E-state index in [4.69, 9.17) is 14.2 Å². The molecule has 0 radical (unpaired) electrons. The fraction of sp³-hybridized carbons (Fsp3) is 0.667. The Morgan fingerprint density at radius 1 is 1.39 bits per heavy atom. The molecule has 0 aromatic rings. The summed E-state index contributed by atoms with van der Waals surface area (Å²) in [6.07, 6.45) is 5.46. The van der Waals surface area contributed by atoms with Gasteiger partial charge in [0.05, 0.1) is 12.6 Å². The lowest BCUT2D eigenvalue weighted by Gasteiger charge is -2.40. The van der Waals surface area contributed by atoms with E-state index in [9.17, 15) is 9.18 Å². The van der Waals surface area contributed by atoms with Gasteiger partial charge in [-0.1, -0.05) is 0 Å². The van der Waals surface area contributed by atoms with E-state index in [-0.39, 0.29) is 30.5 Å². The Bertz CT molecular complexity index is 746. The second kappa shape index (κ2) is 7.19. The molecule has 2 heterocycles. The maximum absolute atomic E-state index is 14.0. The predicted octanol–water partition coefficient (Wildman–Crippen LogP) is 3.90. The lowest BCUT2D eigenvalue weighted by molar-refractivity contribution is -0.377. The predicted molar refractivity (Wildman–Crippen MR) is 102 cm³/mol. The van der Waals surface area contributed by atoms with Crippen molar-refractivity contribution in [2.24, 2.45) is 0 Å². The van der Waals surface area contributed by atoms with Gasteiger partial charge in [-0.05, 0) is 76.7 Å². The van der Waals surface area contributed by atoms with Crippen LogP contribution in [0.1, 0.15) is 53.4 Å². The van der Waals surface area contributed by atoms with Crippen molar-refractivity contribution in [2.45, 2.75) is 83.6 Å². The van der Waals surface area contributed by atoms with Crippen LogP contribution in [-0.4, -0.2) is 47.8 Å². The van der Waals surface area contributed by atoms with E-state index in [1.165, 1.54) is 5.70 Å². The molecular weight excluding hydrogens is 363 g/mol. The highest BCUT2D eigenvalue weighted by Crippen LogP contribution is 2.45. The zero-order valence-corrected chi connectivity index (χ0v) is 17.0. The topological polar surface area (TPSA) is 60.0 Å². The molecule has 1 fully saturated rings. The minimum absolute atomic E-state index is 0.0136. The number of ether oxygens (including phenoxy) is 3. The molecule has 0 spiro atoms. The number of fused-ring (bicyclic) bond motifs is 2. The van der Waals surface area contributed by atoms with Crippen LogP contribution in [0.25, 0.3) is 0 Å². The number of hydrogen-bond acceptors (Lipinski definition) is 5. The second-order valence-corrected chi connectivity index (χ2v) is 8.87. The van der Waals surface area contributed by atoms with Gasteiger partial charge >= 0.3 is 6.09 Å². The SMILES string of the molecule is CC1OC(CN2C3=C(C[C@H](NC(=O)OC(C)(C)C)CC3)C3=CC(F)=CCC32)O1. The molecule has 28 heavy (non-hydrogen) atoms. The molecule has 2 aliphatic heterocycles. The van der Waals surface area contributed by atoms with Crippen molar-refractivity contribution in [3.05, 3.63) is 34.8 Å². The van der Waals surface area contributed by atoms with E-state index >= 15 is 0 Å². The molecule has 0 bridgehead atoms. The molecule has 2 aliphatic carbocycles. The third-order valence-corrected chi connectivity index (χ3v) is 5.54. The summed E-state index contributed by atoms with van der Waals surface area (Å²) < 4.78 is 30.6. The van der Waals surface area contributed by atoms with E-state index in [0.29, 0.717) is 19.4 Å². The van der Waals surface area contributed by atoms with Crippen LogP contribution in [0.2, 0.25) is 0 Å². The maximum atomic E-state index is 14.0. The van der Waals surface area contributed by atoms with E-state index < -0.39 is 11.7 Å². The number of hydrogen-bond donors (Lipinski definition) is 1. The third-order valence-electron chi connectivity index (χ3n) is 5.54. The summed E-state index contributed by atoms with van der Waals surface area (Å²) in [4.78, 5) is 14.5. The van der Waals surface area contributed by atoms with Crippen molar-refractivity contribution in [3.63, 3.8) is 0 Å². The highest BCUT2D eigenvalue weighted by Gasteiger charge is 2.42. The highest BCUT2D eigenvalue weighted by molar-refractivity contribution is 5.68. The Hall–Kier alpha value is -1.86. The molecular formula is C21H29FN2O4. The average molecular weight is 392 g/mol. The Balaban J connectivity index is 1.49. The first kappa shape index (κ1) is 19.5. The van der Waals surface area contributed by atoms with Crippen molar-refractivity contribution in [3.8, 4) is 0 Å². The van der Waals surface area contributed by atoms with Gasteiger partial charge in [0, 0.05) is 11.7 Å². The van der Waals surface area contributed by atoms with Crippen molar-refractivity contribution >= 4 is 6.09 Å². The highest BCUT2D eigenvalue weighted by atomic mass is 19.1. The largest absolute Gasteiger partial charge is 0.444 e. The molecule has 1 unspecified atom stereocenters. The number of alkyl carbamates (subject to hydrolysis) is 1. The fourth-order valence-corrected chi connectivity index (χ4v) is 4.48. The lowest BCUT2D eigenvalue weighted by atomic mass is 9.86. The molecule has 1 N–H and O–H groups in total. The number of halogens is 1. The van der Waals surface area contributed by atoms with E-state index in [1.54, 1.807) is 12.2 Å². The van der Waals surface area contributed by atoms with Gasteiger partial charge in [-0.15, -0.1) is 0 Å². The van der Waals surface area contributed by atoms with Gasteiger partial charge in [-0.3, -0.25) is 0 Å². The maximum Gasteiger partial charge on any atom is 0.407 e. The van der Waals surface area contributed by atoms with Crippen molar-refractivity contribution < 1.29 is 23.4 Å². The molecule has 7 heteroatoms. The van der Waals surface area contributed by atoms with Gasteiger partial charge in [-0.2, -0.15) is 0 Å². The van der Waals surface area contributed by atoms with Crippen LogP contribution in [-0.2, 0) is 14.2 Å². The van der Waals surface area contributed by atoms with Crippen LogP contribution in [0, 0.1) is 0 Å². The molecule has 1 amide bonds. The number of nitrogens with zero attached hydrogens (tertiary/aromatic N) is 1. The van der Waals surface area contributed by atoms with Gasteiger partial charge in [0.2, 0.25) is 0 Å². The molecule has 0 aromatic heterocycles. The molecule has 1 saturated heterocycles. The van der Waals surface area contributed by atoms with Crippen molar-refractivity contribution in [1.29, 1.82) is 0 Å². The molecule has 4 rings (SSSR count). The van der Waals surface area contributed by atoms with Gasteiger partial charge in [0.1, 0.15) is 11.4 Å². The van der Waals surface area contributed by atoms with Crippen molar-refractivity contribution in [2.75, 3.05) is 6.54 Å². The summed E-state index contributed by atoms with van der Waals surface area (Å²) in [5.74, 6) is -0.188. The summed E-state index contributed by atoms with van der Waals surface area (Å²) in [5.41, 5.74) is 2.87. The molecule has 154 valence electrons. The first-order chi connectivity index (χ1) is 13.2. The first-order valence-electron chi connectivity index (χ1n) is 10.1. The molecule has 2 atom stereocenters. The smallest absolute Gasteiger partial charge is 0.407 e. The molecule has 0 saturated carbocycles. The van der Waals surface area contributed by atoms with Crippen LogP contribution in [0.15, 0.2) is 34.8 Å².